The summed E-state index contributed by atoms with van der Waals surface area (Å²) in [5, 5.41) is 83.9. The molecular weight excluding hydrogens is 905 g/mol. The van der Waals surface area contributed by atoms with Crippen molar-refractivity contribution in [3.8, 4) is 0 Å². The zero-order chi connectivity index (χ0) is 54.7. The topological polar surface area (TPSA) is 145 Å². The second-order valence-electron chi connectivity index (χ2n) is 31.6. The van der Waals surface area contributed by atoms with Gasteiger partial charge in [-0.15, -0.1) is 0 Å². The molecule has 0 aliphatic heterocycles. The molecule has 8 N–H and O–H groups in total. The standard InChI is InChI=1S/C65H122N2O6/c1-40(2)46-20-26-58(13,68)34-52(46)64(53-35-59(14,69)27-21-47(53)41(3)4,54-36-60(15,70)28-22-48(54)42(5)6)66-32-19-33-67-65(55-37-61(16,71)29-23-49(55)43(7)8,56-38-62(17,72)30-24-50(56)44(9)10)57-39-63(18,73)31-25-51(57)45(11)12/h40-57,66-73H,19-39H2,1-18H3. The van der Waals surface area contributed by atoms with Crippen LogP contribution in [0.3, 0.4) is 0 Å². The average molecular weight is 1030 g/mol. The highest BCUT2D eigenvalue weighted by Crippen LogP contribution is 2.63. The number of hydrogen-bond acceptors (Lipinski definition) is 8. The SMILES string of the molecule is CC(C)C1CCC(C)(O)CC1C(NCCCNC(C1CC(C)(O)CCC1C(C)C)(C1CC(C)(O)CCC1C(C)C)C1CC(C)(O)CCC1C(C)C)(C1CC(C)(O)CCC1C(C)C)C1CC(C)(O)CCC1C(C)C. The van der Waals surface area contributed by atoms with Crippen LogP contribution in [0.25, 0.3) is 0 Å². The van der Waals surface area contributed by atoms with E-state index in [4.69, 9.17) is 0 Å². The van der Waals surface area contributed by atoms with Gasteiger partial charge in [0.2, 0.25) is 0 Å². The molecule has 6 aliphatic rings. The van der Waals surface area contributed by atoms with Gasteiger partial charge in [0.15, 0.2) is 0 Å². The highest BCUT2D eigenvalue weighted by molar-refractivity contribution is 5.18. The molecule has 6 rings (SSSR count). The van der Waals surface area contributed by atoms with E-state index in [0.29, 0.717) is 110 Å². The van der Waals surface area contributed by atoms with Gasteiger partial charge < -0.3 is 41.3 Å². The summed E-state index contributed by atoms with van der Waals surface area (Å²) in [5.74, 6) is 5.63. The Hall–Kier alpha value is -0.320. The maximum absolute atomic E-state index is 12.4. The summed E-state index contributed by atoms with van der Waals surface area (Å²) in [6.07, 6.45) is 15.8. The number of nitrogens with one attached hydrogen (secondary N) is 2. The molecule has 18 atom stereocenters. The summed E-state index contributed by atoms with van der Waals surface area (Å²) in [5.41, 5.74) is -5.78. The van der Waals surface area contributed by atoms with Crippen LogP contribution in [-0.2, 0) is 0 Å². The van der Waals surface area contributed by atoms with Crippen LogP contribution in [0.15, 0.2) is 0 Å². The predicted molar refractivity (Wildman–Crippen MR) is 304 cm³/mol. The van der Waals surface area contributed by atoms with Crippen LogP contribution in [0.4, 0.5) is 0 Å². The van der Waals surface area contributed by atoms with Gasteiger partial charge in [-0.1, -0.05) is 83.1 Å². The lowest BCUT2D eigenvalue weighted by Gasteiger charge is -2.65. The lowest BCUT2D eigenvalue weighted by molar-refractivity contribution is -0.161. The summed E-state index contributed by atoms with van der Waals surface area (Å²) >= 11 is 0. The lowest BCUT2D eigenvalue weighted by Crippen LogP contribution is -2.72. The van der Waals surface area contributed by atoms with E-state index in [1.165, 1.54) is 0 Å². The first-order chi connectivity index (χ1) is 33.5. The van der Waals surface area contributed by atoms with Gasteiger partial charge in [-0.05, 0) is 283 Å². The van der Waals surface area contributed by atoms with E-state index in [0.717, 1.165) is 96.6 Å². The Labute approximate surface area is 450 Å². The van der Waals surface area contributed by atoms with Crippen LogP contribution in [0.1, 0.15) is 247 Å². The van der Waals surface area contributed by atoms with Crippen molar-refractivity contribution in [1.82, 2.24) is 10.6 Å². The number of hydrogen-bond donors (Lipinski definition) is 8. The van der Waals surface area contributed by atoms with Gasteiger partial charge in [0, 0.05) is 11.1 Å². The van der Waals surface area contributed by atoms with Gasteiger partial charge in [0.25, 0.3) is 0 Å². The Bertz CT molecular complexity index is 1430. The molecule has 8 nitrogen and oxygen atoms in total. The van der Waals surface area contributed by atoms with Gasteiger partial charge in [-0.3, -0.25) is 0 Å². The van der Waals surface area contributed by atoms with Crippen molar-refractivity contribution in [2.45, 2.75) is 291 Å². The molecule has 0 bridgehead atoms. The summed E-state index contributed by atoms with van der Waals surface area (Å²) in [6.45, 7) is 43.0. The molecule has 0 heterocycles. The van der Waals surface area contributed by atoms with Gasteiger partial charge in [0.05, 0.1) is 33.6 Å². The molecule has 18 unspecified atom stereocenters. The molecule has 8 heteroatoms. The molecule has 6 fully saturated rings. The van der Waals surface area contributed by atoms with Crippen LogP contribution < -0.4 is 10.6 Å². The van der Waals surface area contributed by atoms with Gasteiger partial charge in [-0.25, -0.2) is 0 Å². The quantitative estimate of drug-likeness (QED) is 0.0634. The number of rotatable bonds is 18. The molecular formula is C65H122N2O6. The Morgan fingerprint density at radius 3 is 0.603 bits per heavy atom. The van der Waals surface area contributed by atoms with Gasteiger partial charge >= 0.3 is 0 Å². The monoisotopic (exact) mass is 1030 g/mol. The zero-order valence-electron chi connectivity index (χ0n) is 50.9. The minimum Gasteiger partial charge on any atom is -0.390 e. The summed E-state index contributed by atoms with van der Waals surface area (Å²) in [7, 11) is 0. The fourth-order valence-corrected chi connectivity index (χ4v) is 19.5. The van der Waals surface area contributed by atoms with E-state index in [1.807, 2.05) is 0 Å². The average Bonchev–Trinajstić information content (AvgIpc) is 3.23. The minimum atomic E-state index is -0.810. The maximum Gasteiger partial charge on any atom is 0.0623 e. The van der Waals surface area contributed by atoms with E-state index in [-0.39, 0.29) is 35.5 Å². The summed E-state index contributed by atoms with van der Waals surface area (Å²) in [4.78, 5) is 0. The molecule has 6 aliphatic carbocycles. The van der Waals surface area contributed by atoms with E-state index < -0.39 is 44.7 Å². The normalized spacial score (nSPS) is 46.1. The molecule has 0 spiro atoms. The van der Waals surface area contributed by atoms with Crippen molar-refractivity contribution in [2.24, 2.45) is 107 Å². The van der Waals surface area contributed by atoms with Crippen molar-refractivity contribution < 1.29 is 30.6 Å². The van der Waals surface area contributed by atoms with Crippen molar-refractivity contribution >= 4 is 0 Å². The smallest absolute Gasteiger partial charge is 0.0623 e. The molecule has 6 saturated carbocycles. The van der Waals surface area contributed by atoms with Crippen molar-refractivity contribution in [3.63, 3.8) is 0 Å². The summed E-state index contributed by atoms with van der Waals surface area (Å²) < 4.78 is 0. The molecule has 0 amide bonds. The van der Waals surface area contributed by atoms with Crippen LogP contribution in [0, 0.1) is 107 Å². The molecule has 0 saturated heterocycles. The molecule has 73 heavy (non-hydrogen) atoms. The van der Waals surface area contributed by atoms with Crippen molar-refractivity contribution in [1.29, 1.82) is 0 Å². The third-order valence-electron chi connectivity index (χ3n) is 23.2. The molecule has 0 aromatic rings. The second-order valence-corrected chi connectivity index (χ2v) is 31.6. The first-order valence-corrected chi connectivity index (χ1v) is 31.4. The maximum atomic E-state index is 12.4. The van der Waals surface area contributed by atoms with E-state index in [2.05, 4.69) is 135 Å². The van der Waals surface area contributed by atoms with Gasteiger partial charge in [0.1, 0.15) is 0 Å². The Morgan fingerprint density at radius 1 is 0.315 bits per heavy atom. The van der Waals surface area contributed by atoms with Gasteiger partial charge in [-0.2, -0.15) is 0 Å². The Morgan fingerprint density at radius 2 is 0.466 bits per heavy atom. The van der Waals surface area contributed by atoms with Crippen molar-refractivity contribution in [2.75, 3.05) is 13.1 Å². The van der Waals surface area contributed by atoms with Crippen LogP contribution >= 0.6 is 0 Å². The van der Waals surface area contributed by atoms with Crippen molar-refractivity contribution in [3.05, 3.63) is 0 Å². The fraction of sp³-hybridized carbons (Fsp3) is 1.00. The second kappa shape index (κ2) is 23.0. The largest absolute Gasteiger partial charge is 0.390 e. The first kappa shape index (κ1) is 61.9. The Kier molecular flexibility index (Phi) is 19.5. The molecule has 0 aromatic heterocycles. The zero-order valence-corrected chi connectivity index (χ0v) is 50.9. The first-order valence-electron chi connectivity index (χ1n) is 31.4. The highest BCUT2D eigenvalue weighted by Gasteiger charge is 2.65. The third kappa shape index (κ3) is 13.6. The third-order valence-corrected chi connectivity index (χ3v) is 23.2. The summed E-state index contributed by atoms with van der Waals surface area (Å²) in [6, 6.07) is 0. The Balaban J connectivity index is 1.56. The fourth-order valence-electron chi connectivity index (χ4n) is 19.5. The minimum absolute atomic E-state index is 0.146. The van der Waals surface area contributed by atoms with E-state index in [9.17, 15) is 30.6 Å². The van der Waals surface area contributed by atoms with E-state index >= 15 is 0 Å². The highest BCUT2D eigenvalue weighted by atomic mass is 16.3. The lowest BCUT2D eigenvalue weighted by atomic mass is 9.45. The molecule has 0 radical (unpaired) electrons. The van der Waals surface area contributed by atoms with Crippen LogP contribution in [0.2, 0.25) is 0 Å². The van der Waals surface area contributed by atoms with Crippen LogP contribution in [0.5, 0.6) is 0 Å². The molecule has 0 aromatic carbocycles. The van der Waals surface area contributed by atoms with E-state index in [1.54, 1.807) is 0 Å². The van der Waals surface area contributed by atoms with Crippen LogP contribution in [-0.4, -0.2) is 88.4 Å². The molecule has 428 valence electrons. The predicted octanol–water partition coefficient (Wildman–Crippen LogP) is 13.0. The number of aliphatic hydroxyl groups is 6.